The number of ether oxygens (including phenoxy) is 1. The summed E-state index contributed by atoms with van der Waals surface area (Å²) in [7, 11) is 0. The number of nitrogens with zero attached hydrogens (tertiary/aromatic N) is 3. The van der Waals surface area contributed by atoms with Crippen LogP contribution in [0.25, 0.3) is 0 Å². The van der Waals surface area contributed by atoms with Crippen LogP contribution in [0.15, 0.2) is 8.68 Å². The Morgan fingerprint density at radius 1 is 1.03 bits per heavy atom. The van der Waals surface area contributed by atoms with Crippen LogP contribution in [0.4, 0.5) is 0 Å². The average Bonchev–Trinajstić information content (AvgIpc) is 3.28. The second-order valence-electron chi connectivity index (χ2n) is 7.92. The highest BCUT2D eigenvalue weighted by Gasteiger charge is 2.38. The van der Waals surface area contributed by atoms with E-state index in [2.05, 4.69) is 25.7 Å². The molecule has 3 rings (SSSR count). The van der Waals surface area contributed by atoms with Crippen LogP contribution in [0.1, 0.15) is 45.4 Å². The average molecular weight is 488 g/mol. The van der Waals surface area contributed by atoms with E-state index < -0.39 is 0 Å². The van der Waals surface area contributed by atoms with Crippen molar-refractivity contribution in [3.05, 3.63) is 0 Å². The van der Waals surface area contributed by atoms with Crippen LogP contribution in [-0.4, -0.2) is 83.3 Å². The van der Waals surface area contributed by atoms with Crippen molar-refractivity contribution in [2.45, 2.75) is 59.7 Å². The summed E-state index contributed by atoms with van der Waals surface area (Å²) >= 11 is 4.22. The third kappa shape index (κ3) is 7.88. The van der Waals surface area contributed by atoms with Gasteiger partial charge in [-0.2, -0.15) is 0 Å². The molecule has 1 aromatic rings. The van der Waals surface area contributed by atoms with Gasteiger partial charge in [-0.05, 0) is 19.3 Å². The molecule has 0 unspecified atom stereocenters. The van der Waals surface area contributed by atoms with E-state index in [0.717, 1.165) is 54.2 Å². The third-order valence-corrected chi connectivity index (χ3v) is 8.88. The first kappa shape index (κ1) is 24.8. The van der Waals surface area contributed by atoms with Gasteiger partial charge in [-0.1, -0.05) is 61.0 Å². The molecular weight excluding hydrogens is 454 g/mol. The number of rotatable bonds is 11. The van der Waals surface area contributed by atoms with Gasteiger partial charge in [0.25, 0.3) is 0 Å². The molecule has 0 bridgehead atoms. The Labute approximate surface area is 197 Å². The van der Waals surface area contributed by atoms with Crippen molar-refractivity contribution in [1.82, 2.24) is 25.7 Å². The van der Waals surface area contributed by atoms with Crippen molar-refractivity contribution in [1.29, 1.82) is 0 Å². The van der Waals surface area contributed by atoms with E-state index in [1.165, 1.54) is 54.1 Å². The highest BCUT2D eigenvalue weighted by molar-refractivity contribution is 8.03. The van der Waals surface area contributed by atoms with E-state index in [4.69, 9.17) is 4.74 Å². The Morgan fingerprint density at radius 2 is 1.65 bits per heavy atom. The fourth-order valence-corrected chi connectivity index (χ4v) is 6.73. The Bertz CT molecular complexity index is 706. The summed E-state index contributed by atoms with van der Waals surface area (Å²) in [5.74, 6) is 0.706. The Balaban J connectivity index is 1.41. The third-order valence-electron chi connectivity index (χ3n) is 5.69. The first-order valence-electron chi connectivity index (χ1n) is 11.1. The van der Waals surface area contributed by atoms with E-state index in [-0.39, 0.29) is 17.4 Å². The molecular formula is C20H33N5O3S3. The van der Waals surface area contributed by atoms with Crippen molar-refractivity contribution >= 4 is 46.7 Å². The Kier molecular flexibility index (Phi) is 10.4. The SMILES string of the molecule is CCCNC(=O)CSc1nnc(SCC(=O)NCC2(N3CCOCC3)CCCCC2)s1. The van der Waals surface area contributed by atoms with Gasteiger partial charge in [0.15, 0.2) is 8.68 Å². The smallest absolute Gasteiger partial charge is 0.230 e. The number of hydrogen-bond acceptors (Lipinski definition) is 9. The molecule has 174 valence electrons. The molecule has 0 spiro atoms. The van der Waals surface area contributed by atoms with Crippen LogP contribution in [0.5, 0.6) is 0 Å². The minimum absolute atomic E-state index is 0.00698. The standard InChI is InChI=1S/C20H33N5O3S3/c1-2-8-21-16(26)13-29-18-23-24-19(31-18)30-14-17(27)22-15-20(6-4-3-5-7-20)25-9-11-28-12-10-25/h2-15H2,1H3,(H,21,26)(H,22,27). The number of amides is 2. The lowest BCUT2D eigenvalue weighted by Gasteiger charge is -2.48. The lowest BCUT2D eigenvalue weighted by atomic mass is 9.79. The summed E-state index contributed by atoms with van der Waals surface area (Å²) in [4.78, 5) is 26.8. The molecule has 1 saturated carbocycles. The van der Waals surface area contributed by atoms with Crippen molar-refractivity contribution in [3.63, 3.8) is 0 Å². The zero-order valence-corrected chi connectivity index (χ0v) is 20.6. The fraction of sp³-hybridized carbons (Fsp3) is 0.800. The summed E-state index contributed by atoms with van der Waals surface area (Å²) in [5, 5.41) is 14.3. The summed E-state index contributed by atoms with van der Waals surface area (Å²) in [6.45, 7) is 6.88. The van der Waals surface area contributed by atoms with E-state index in [1.54, 1.807) is 0 Å². The number of carbonyl (C=O) groups excluding carboxylic acids is 2. The number of aromatic nitrogens is 2. The van der Waals surface area contributed by atoms with Crippen molar-refractivity contribution in [2.24, 2.45) is 0 Å². The quantitative estimate of drug-likeness (QED) is 0.460. The number of hydrogen-bond donors (Lipinski definition) is 2. The molecule has 2 N–H and O–H groups in total. The molecule has 11 heteroatoms. The van der Waals surface area contributed by atoms with Gasteiger partial charge in [-0.25, -0.2) is 0 Å². The summed E-state index contributed by atoms with van der Waals surface area (Å²) < 4.78 is 7.04. The van der Waals surface area contributed by atoms with E-state index in [0.29, 0.717) is 24.6 Å². The predicted molar refractivity (Wildman–Crippen MR) is 126 cm³/mol. The molecule has 2 amide bonds. The van der Waals surface area contributed by atoms with Gasteiger partial charge in [0.1, 0.15) is 0 Å². The van der Waals surface area contributed by atoms with E-state index in [9.17, 15) is 9.59 Å². The Hall–Kier alpha value is -0.880. The van der Waals surface area contributed by atoms with E-state index >= 15 is 0 Å². The van der Waals surface area contributed by atoms with Crippen molar-refractivity contribution < 1.29 is 14.3 Å². The molecule has 31 heavy (non-hydrogen) atoms. The van der Waals surface area contributed by atoms with E-state index in [1.807, 2.05) is 6.92 Å². The molecule has 2 fully saturated rings. The zero-order valence-electron chi connectivity index (χ0n) is 18.2. The monoisotopic (exact) mass is 487 g/mol. The maximum atomic E-state index is 12.5. The van der Waals surface area contributed by atoms with Crippen LogP contribution in [0.3, 0.4) is 0 Å². The number of nitrogens with one attached hydrogen (secondary N) is 2. The van der Waals surface area contributed by atoms with Gasteiger partial charge < -0.3 is 15.4 Å². The minimum Gasteiger partial charge on any atom is -0.379 e. The largest absolute Gasteiger partial charge is 0.379 e. The van der Waals surface area contributed by atoms with Gasteiger partial charge in [0.05, 0.1) is 24.7 Å². The maximum Gasteiger partial charge on any atom is 0.230 e. The predicted octanol–water partition coefficient (Wildman–Crippen LogP) is 2.40. The van der Waals surface area contributed by atoms with Crippen LogP contribution >= 0.6 is 34.9 Å². The Morgan fingerprint density at radius 3 is 2.26 bits per heavy atom. The van der Waals surface area contributed by atoms with Gasteiger partial charge in [-0.15, -0.1) is 10.2 Å². The second-order valence-corrected chi connectivity index (χ2v) is 11.3. The van der Waals surface area contributed by atoms with Crippen LogP contribution in [0.2, 0.25) is 0 Å². The first-order chi connectivity index (χ1) is 15.1. The molecule has 0 aromatic carbocycles. The zero-order chi connectivity index (χ0) is 21.9. The second kappa shape index (κ2) is 13.0. The fourth-order valence-electron chi connectivity index (χ4n) is 4.05. The van der Waals surface area contributed by atoms with Gasteiger partial charge in [0.2, 0.25) is 11.8 Å². The van der Waals surface area contributed by atoms with Crippen LogP contribution in [-0.2, 0) is 14.3 Å². The molecule has 2 heterocycles. The van der Waals surface area contributed by atoms with Gasteiger partial charge in [0, 0.05) is 31.7 Å². The molecule has 1 aromatic heterocycles. The van der Waals surface area contributed by atoms with Gasteiger partial charge in [-0.3, -0.25) is 14.5 Å². The normalized spacial score (nSPS) is 19.1. The topological polar surface area (TPSA) is 96.5 Å². The summed E-state index contributed by atoms with van der Waals surface area (Å²) in [5.41, 5.74) is 0.0766. The number of morpholine rings is 1. The van der Waals surface area contributed by atoms with Crippen molar-refractivity contribution in [3.8, 4) is 0 Å². The summed E-state index contributed by atoms with van der Waals surface area (Å²) in [6.07, 6.45) is 6.94. The lowest BCUT2D eigenvalue weighted by Crippen LogP contribution is -2.59. The maximum absolute atomic E-state index is 12.5. The first-order valence-corrected chi connectivity index (χ1v) is 13.9. The molecule has 0 atom stereocenters. The van der Waals surface area contributed by atoms with Gasteiger partial charge >= 0.3 is 0 Å². The highest BCUT2D eigenvalue weighted by Crippen LogP contribution is 2.34. The number of thioether (sulfide) groups is 2. The molecule has 1 aliphatic carbocycles. The van der Waals surface area contributed by atoms with Crippen LogP contribution in [0, 0.1) is 0 Å². The molecule has 0 radical (unpaired) electrons. The molecule has 2 aliphatic rings. The molecule has 1 saturated heterocycles. The van der Waals surface area contributed by atoms with Crippen LogP contribution < -0.4 is 10.6 Å². The lowest BCUT2D eigenvalue weighted by molar-refractivity contribution is -0.120. The number of carbonyl (C=O) groups is 2. The molecule has 1 aliphatic heterocycles. The minimum atomic E-state index is 0.00698. The highest BCUT2D eigenvalue weighted by atomic mass is 32.2. The molecule has 8 nitrogen and oxygen atoms in total. The van der Waals surface area contributed by atoms with Crippen molar-refractivity contribution in [2.75, 3.05) is 50.9 Å². The summed E-state index contributed by atoms with van der Waals surface area (Å²) in [6, 6.07) is 0.